The second kappa shape index (κ2) is 9.56. The summed E-state index contributed by atoms with van der Waals surface area (Å²) in [6.45, 7) is 5.30. The highest BCUT2D eigenvalue weighted by atomic mass is 32.2. The van der Waals surface area contributed by atoms with Crippen LogP contribution in [-0.2, 0) is 17.9 Å². The molecule has 3 aromatic rings. The van der Waals surface area contributed by atoms with Crippen LogP contribution in [-0.4, -0.2) is 45.5 Å². The molecule has 1 amide bonds. The van der Waals surface area contributed by atoms with Crippen molar-refractivity contribution in [2.24, 2.45) is 0 Å². The molecule has 0 saturated heterocycles. The van der Waals surface area contributed by atoms with Gasteiger partial charge in [0, 0.05) is 38.9 Å². The molecule has 8 heteroatoms. The van der Waals surface area contributed by atoms with E-state index < -0.39 is 0 Å². The third-order valence-corrected chi connectivity index (χ3v) is 5.37. The number of aromatic nitrogens is 4. The minimum Gasteiger partial charge on any atom is -0.363 e. The van der Waals surface area contributed by atoms with Gasteiger partial charge in [0.05, 0.1) is 5.75 Å². The van der Waals surface area contributed by atoms with Gasteiger partial charge in [0.25, 0.3) is 0 Å². The third-order valence-electron chi connectivity index (χ3n) is 4.40. The van der Waals surface area contributed by atoms with Gasteiger partial charge in [-0.3, -0.25) is 4.79 Å². The molecule has 0 radical (unpaired) electrons. The second-order valence-corrected chi connectivity index (χ2v) is 7.85. The van der Waals surface area contributed by atoms with Gasteiger partial charge in [-0.15, -0.1) is 10.2 Å². The number of carbonyl (C=O) groups is 1. The van der Waals surface area contributed by atoms with E-state index in [1.165, 1.54) is 17.3 Å². The molecule has 0 aliphatic carbocycles. The maximum atomic E-state index is 12.3. The monoisotopic (exact) mass is 410 g/mol. The Morgan fingerprint density at radius 1 is 1.21 bits per heavy atom. The Balaban J connectivity index is 1.57. The fourth-order valence-corrected chi connectivity index (χ4v) is 3.68. The zero-order valence-corrected chi connectivity index (χ0v) is 18.0. The summed E-state index contributed by atoms with van der Waals surface area (Å²) in [5.74, 6) is 1.95. The van der Waals surface area contributed by atoms with Crippen LogP contribution in [0, 0.1) is 6.92 Å². The van der Waals surface area contributed by atoms with Gasteiger partial charge in [-0.25, -0.2) is 4.98 Å². The largest absolute Gasteiger partial charge is 0.363 e. The second-order valence-electron chi connectivity index (χ2n) is 6.90. The number of amides is 1. The van der Waals surface area contributed by atoms with Gasteiger partial charge < -0.3 is 14.8 Å². The molecule has 2 aromatic heterocycles. The zero-order chi connectivity index (χ0) is 20.8. The van der Waals surface area contributed by atoms with E-state index in [1.54, 1.807) is 6.20 Å². The number of benzene rings is 1. The molecule has 152 valence electrons. The predicted molar refractivity (Wildman–Crippen MR) is 117 cm³/mol. The van der Waals surface area contributed by atoms with Gasteiger partial charge in [0.1, 0.15) is 5.82 Å². The molecule has 0 atom stereocenters. The van der Waals surface area contributed by atoms with Crippen molar-refractivity contribution in [1.82, 2.24) is 25.1 Å². The van der Waals surface area contributed by atoms with Crippen LogP contribution in [0.1, 0.15) is 18.1 Å². The van der Waals surface area contributed by atoms with E-state index in [9.17, 15) is 4.79 Å². The van der Waals surface area contributed by atoms with Gasteiger partial charge in [-0.2, -0.15) is 0 Å². The molecule has 3 rings (SSSR count). The van der Waals surface area contributed by atoms with Crippen LogP contribution in [0.4, 0.5) is 5.82 Å². The molecule has 0 unspecified atom stereocenters. The van der Waals surface area contributed by atoms with Crippen LogP contribution >= 0.6 is 11.8 Å². The van der Waals surface area contributed by atoms with Gasteiger partial charge in [-0.05, 0) is 31.5 Å². The molecule has 0 aliphatic heterocycles. The predicted octanol–water partition coefficient (Wildman–Crippen LogP) is 3.14. The third kappa shape index (κ3) is 5.35. The number of carbonyl (C=O) groups excluding carboxylic acids is 1. The van der Waals surface area contributed by atoms with E-state index in [1.807, 2.05) is 47.8 Å². The van der Waals surface area contributed by atoms with Crippen molar-refractivity contribution < 1.29 is 4.79 Å². The van der Waals surface area contributed by atoms with Crippen molar-refractivity contribution >= 4 is 23.5 Å². The number of aryl methyl sites for hydroxylation is 1. The summed E-state index contributed by atoms with van der Waals surface area (Å²) in [5.41, 5.74) is 3.17. The first-order valence-electron chi connectivity index (χ1n) is 9.50. The Hall–Kier alpha value is -2.87. The van der Waals surface area contributed by atoms with E-state index in [4.69, 9.17) is 0 Å². The lowest BCUT2D eigenvalue weighted by molar-refractivity contribution is -0.118. The SMILES string of the molecule is CCn1c(SCC(=O)NCc2ccc(N(C)C)nc2)nnc1-c1cccc(C)c1. The molecule has 0 fully saturated rings. The summed E-state index contributed by atoms with van der Waals surface area (Å²) in [4.78, 5) is 18.6. The standard InChI is InChI=1S/C21H26N6OS/c1-5-27-20(17-8-6-7-15(2)11-17)24-25-21(27)29-14-19(28)23-13-16-9-10-18(22-12-16)26(3)4/h6-12H,5,13-14H2,1-4H3,(H,23,28). The van der Waals surface area contributed by atoms with E-state index in [0.717, 1.165) is 34.5 Å². The Labute approximate surface area is 175 Å². The zero-order valence-electron chi connectivity index (χ0n) is 17.2. The van der Waals surface area contributed by atoms with Gasteiger partial charge in [0.15, 0.2) is 11.0 Å². The Morgan fingerprint density at radius 2 is 2.03 bits per heavy atom. The highest BCUT2D eigenvalue weighted by Gasteiger charge is 2.14. The van der Waals surface area contributed by atoms with E-state index in [0.29, 0.717) is 6.54 Å². The van der Waals surface area contributed by atoms with Crippen LogP contribution in [0.3, 0.4) is 0 Å². The highest BCUT2D eigenvalue weighted by molar-refractivity contribution is 7.99. The Bertz CT molecular complexity index is 968. The lowest BCUT2D eigenvalue weighted by atomic mass is 10.1. The molecule has 29 heavy (non-hydrogen) atoms. The van der Waals surface area contributed by atoms with Crippen LogP contribution in [0.5, 0.6) is 0 Å². The van der Waals surface area contributed by atoms with Gasteiger partial charge >= 0.3 is 0 Å². The maximum Gasteiger partial charge on any atom is 0.230 e. The fourth-order valence-electron chi connectivity index (χ4n) is 2.85. The lowest BCUT2D eigenvalue weighted by Crippen LogP contribution is -2.25. The average molecular weight is 411 g/mol. The van der Waals surface area contributed by atoms with E-state index in [2.05, 4.69) is 46.5 Å². The van der Waals surface area contributed by atoms with Crippen molar-refractivity contribution in [2.45, 2.75) is 32.1 Å². The van der Waals surface area contributed by atoms with Crippen LogP contribution < -0.4 is 10.2 Å². The van der Waals surface area contributed by atoms with Crippen molar-refractivity contribution in [3.63, 3.8) is 0 Å². The summed E-state index contributed by atoms with van der Waals surface area (Å²) < 4.78 is 2.04. The van der Waals surface area contributed by atoms with Gasteiger partial charge in [0.2, 0.25) is 5.91 Å². The molecule has 1 aromatic carbocycles. The summed E-state index contributed by atoms with van der Waals surface area (Å²) in [6.07, 6.45) is 1.78. The number of nitrogens with one attached hydrogen (secondary N) is 1. The van der Waals surface area contributed by atoms with E-state index in [-0.39, 0.29) is 11.7 Å². The summed E-state index contributed by atoms with van der Waals surface area (Å²) >= 11 is 1.40. The quantitative estimate of drug-likeness (QED) is 0.575. The Kier molecular flexibility index (Phi) is 6.87. The smallest absolute Gasteiger partial charge is 0.230 e. The van der Waals surface area contributed by atoms with Crippen LogP contribution in [0.2, 0.25) is 0 Å². The molecule has 1 N–H and O–H groups in total. The van der Waals surface area contributed by atoms with E-state index >= 15 is 0 Å². The minimum atomic E-state index is -0.0468. The molecule has 7 nitrogen and oxygen atoms in total. The maximum absolute atomic E-state index is 12.3. The molecule has 0 aliphatic rings. The molecule has 0 spiro atoms. The topological polar surface area (TPSA) is 75.9 Å². The molecular formula is C21H26N6OS. The summed E-state index contributed by atoms with van der Waals surface area (Å²) in [5, 5.41) is 12.3. The number of anilines is 1. The number of thioether (sulfide) groups is 1. The molecule has 0 saturated carbocycles. The summed E-state index contributed by atoms with van der Waals surface area (Å²) in [7, 11) is 3.89. The first-order valence-corrected chi connectivity index (χ1v) is 10.5. The normalized spacial score (nSPS) is 10.8. The number of nitrogens with zero attached hydrogens (tertiary/aromatic N) is 5. The first-order chi connectivity index (χ1) is 14.0. The number of hydrogen-bond donors (Lipinski definition) is 1. The lowest BCUT2D eigenvalue weighted by Gasteiger charge is -2.11. The first kappa shape index (κ1) is 20.9. The molecule has 2 heterocycles. The van der Waals surface area contributed by atoms with Gasteiger partial charge in [-0.1, -0.05) is 41.6 Å². The van der Waals surface area contributed by atoms with Crippen molar-refractivity contribution in [2.75, 3.05) is 24.7 Å². The van der Waals surface area contributed by atoms with Crippen molar-refractivity contribution in [3.05, 3.63) is 53.7 Å². The van der Waals surface area contributed by atoms with Crippen molar-refractivity contribution in [1.29, 1.82) is 0 Å². The van der Waals surface area contributed by atoms with Crippen molar-refractivity contribution in [3.8, 4) is 11.4 Å². The average Bonchev–Trinajstić information content (AvgIpc) is 3.14. The number of hydrogen-bond acceptors (Lipinski definition) is 6. The highest BCUT2D eigenvalue weighted by Crippen LogP contribution is 2.24. The van der Waals surface area contributed by atoms with Crippen LogP contribution in [0.15, 0.2) is 47.8 Å². The van der Waals surface area contributed by atoms with Crippen LogP contribution in [0.25, 0.3) is 11.4 Å². The minimum absolute atomic E-state index is 0.0468. The molecule has 0 bridgehead atoms. The molecular weight excluding hydrogens is 384 g/mol. The summed E-state index contributed by atoms with van der Waals surface area (Å²) in [6, 6.07) is 12.1. The number of rotatable bonds is 8. The fraction of sp³-hybridized carbons (Fsp3) is 0.333. The Morgan fingerprint density at radius 3 is 2.69 bits per heavy atom. The number of pyridine rings is 1.